The molecule has 0 heterocycles. The molecule has 0 spiro atoms. The predicted octanol–water partition coefficient (Wildman–Crippen LogP) is 6.77. The summed E-state index contributed by atoms with van der Waals surface area (Å²) in [5.41, 5.74) is 0. The molecule has 0 aliphatic carbocycles. The second kappa shape index (κ2) is 17.9. The van der Waals surface area contributed by atoms with E-state index in [0.717, 1.165) is 29.9 Å². The van der Waals surface area contributed by atoms with E-state index in [1.807, 2.05) is 0 Å². The lowest BCUT2D eigenvalue weighted by Gasteiger charge is -2.17. The van der Waals surface area contributed by atoms with Gasteiger partial charge in [-0.1, -0.05) is 92.4 Å². The molecule has 0 bridgehead atoms. The maximum Gasteiger partial charge on any atom is 0.327 e. The SMILES string of the molecule is CC(=O)N[C@@H](CSCCC(C)CCCC(C)CCCC(C)CCCC(C)C)C(=O)O. The molecule has 0 aliphatic rings. The van der Waals surface area contributed by atoms with Crippen LogP contribution in [-0.2, 0) is 9.59 Å². The molecule has 2 N–H and O–H groups in total. The summed E-state index contributed by atoms with van der Waals surface area (Å²) in [6.07, 6.45) is 13.2. The highest BCUT2D eigenvalue weighted by atomic mass is 32.2. The second-order valence-electron chi connectivity index (χ2n) is 9.96. The third-order valence-corrected chi connectivity index (χ3v) is 7.07. The molecular weight excluding hydrogens is 394 g/mol. The minimum absolute atomic E-state index is 0.286. The van der Waals surface area contributed by atoms with Gasteiger partial charge < -0.3 is 10.4 Å². The van der Waals surface area contributed by atoms with Crippen LogP contribution in [0.1, 0.15) is 106 Å². The van der Waals surface area contributed by atoms with Crippen molar-refractivity contribution in [2.45, 2.75) is 112 Å². The molecule has 178 valence electrons. The lowest BCUT2D eigenvalue weighted by molar-refractivity contribution is -0.140. The van der Waals surface area contributed by atoms with Crippen molar-refractivity contribution >= 4 is 23.6 Å². The lowest BCUT2D eigenvalue weighted by atomic mass is 9.91. The molecular formula is C25H49NO3S. The summed E-state index contributed by atoms with van der Waals surface area (Å²) in [4.78, 5) is 22.2. The molecule has 1 amide bonds. The van der Waals surface area contributed by atoms with Crippen LogP contribution in [0.2, 0.25) is 0 Å². The summed E-state index contributed by atoms with van der Waals surface area (Å²) in [5, 5.41) is 11.6. The molecule has 0 rings (SSSR count). The monoisotopic (exact) mass is 443 g/mol. The molecule has 0 saturated heterocycles. The van der Waals surface area contributed by atoms with Gasteiger partial charge in [0.25, 0.3) is 0 Å². The molecule has 0 aromatic heterocycles. The number of carboxylic acids is 1. The summed E-state index contributed by atoms with van der Waals surface area (Å²) >= 11 is 1.62. The Kier molecular flexibility index (Phi) is 17.5. The van der Waals surface area contributed by atoms with Crippen LogP contribution in [0.4, 0.5) is 0 Å². The smallest absolute Gasteiger partial charge is 0.327 e. The topological polar surface area (TPSA) is 66.4 Å². The minimum Gasteiger partial charge on any atom is -0.480 e. The van der Waals surface area contributed by atoms with Gasteiger partial charge in [0.2, 0.25) is 5.91 Å². The van der Waals surface area contributed by atoms with E-state index in [0.29, 0.717) is 11.7 Å². The van der Waals surface area contributed by atoms with Crippen LogP contribution in [0.3, 0.4) is 0 Å². The van der Waals surface area contributed by atoms with Crippen LogP contribution in [0, 0.1) is 23.7 Å². The number of hydrogen-bond donors (Lipinski definition) is 2. The quantitative estimate of drug-likeness (QED) is 0.216. The molecule has 3 unspecified atom stereocenters. The van der Waals surface area contributed by atoms with E-state index in [9.17, 15) is 9.59 Å². The third-order valence-electron chi connectivity index (χ3n) is 5.98. The van der Waals surface area contributed by atoms with Gasteiger partial charge in [-0.2, -0.15) is 11.8 Å². The van der Waals surface area contributed by atoms with Gasteiger partial charge in [-0.05, 0) is 35.8 Å². The fourth-order valence-electron chi connectivity index (χ4n) is 3.84. The van der Waals surface area contributed by atoms with Gasteiger partial charge >= 0.3 is 5.97 Å². The molecule has 0 aromatic carbocycles. The first-order valence-electron chi connectivity index (χ1n) is 12.2. The summed E-state index contributed by atoms with van der Waals surface area (Å²) < 4.78 is 0. The van der Waals surface area contributed by atoms with Crippen molar-refractivity contribution < 1.29 is 14.7 Å². The average molecular weight is 444 g/mol. The zero-order chi connectivity index (χ0) is 22.9. The van der Waals surface area contributed by atoms with Crippen molar-refractivity contribution in [3.05, 3.63) is 0 Å². The van der Waals surface area contributed by atoms with Crippen LogP contribution < -0.4 is 5.32 Å². The molecule has 30 heavy (non-hydrogen) atoms. The van der Waals surface area contributed by atoms with E-state index in [2.05, 4.69) is 39.9 Å². The van der Waals surface area contributed by atoms with Gasteiger partial charge in [0.15, 0.2) is 0 Å². The third kappa shape index (κ3) is 18.1. The van der Waals surface area contributed by atoms with E-state index >= 15 is 0 Å². The van der Waals surface area contributed by atoms with Crippen molar-refractivity contribution in [1.29, 1.82) is 0 Å². The van der Waals surface area contributed by atoms with Crippen LogP contribution in [-0.4, -0.2) is 34.5 Å². The molecule has 4 atom stereocenters. The summed E-state index contributed by atoms with van der Waals surface area (Å²) in [6.45, 7) is 13.1. The summed E-state index contributed by atoms with van der Waals surface area (Å²) in [6, 6.07) is -0.776. The molecule has 0 aliphatic heterocycles. The Labute approximate surface area is 190 Å². The van der Waals surface area contributed by atoms with E-state index in [1.165, 1.54) is 64.7 Å². The number of nitrogens with one attached hydrogen (secondary N) is 1. The zero-order valence-corrected chi connectivity index (χ0v) is 21.4. The first kappa shape index (κ1) is 29.3. The maximum atomic E-state index is 11.1. The number of thioether (sulfide) groups is 1. The van der Waals surface area contributed by atoms with Gasteiger partial charge in [0.05, 0.1) is 0 Å². The first-order chi connectivity index (χ1) is 14.1. The van der Waals surface area contributed by atoms with Gasteiger partial charge in [-0.15, -0.1) is 0 Å². The molecule has 0 saturated carbocycles. The summed E-state index contributed by atoms with van der Waals surface area (Å²) in [5.74, 6) is 3.36. The Morgan fingerprint density at radius 1 is 0.767 bits per heavy atom. The molecule has 0 fully saturated rings. The van der Waals surface area contributed by atoms with Crippen molar-refractivity contribution in [3.63, 3.8) is 0 Å². The highest BCUT2D eigenvalue weighted by Crippen LogP contribution is 2.23. The maximum absolute atomic E-state index is 11.1. The Balaban J connectivity index is 3.71. The largest absolute Gasteiger partial charge is 0.480 e. The number of carbonyl (C=O) groups is 2. The standard InChI is InChI=1S/C25H49NO3S/c1-19(2)10-7-11-20(3)12-8-13-21(4)14-9-15-22(5)16-17-30-18-24(25(28)29)26-23(6)27/h19-22,24H,7-18H2,1-6H3,(H,26,27)(H,28,29)/t20?,21?,22?,24-/m0/s1. The van der Waals surface area contributed by atoms with Crippen LogP contribution in [0.5, 0.6) is 0 Å². The van der Waals surface area contributed by atoms with Gasteiger partial charge in [-0.3, -0.25) is 4.79 Å². The lowest BCUT2D eigenvalue weighted by Crippen LogP contribution is -2.41. The Hall–Kier alpha value is -0.710. The Morgan fingerprint density at radius 2 is 1.20 bits per heavy atom. The van der Waals surface area contributed by atoms with Crippen molar-refractivity contribution in [1.82, 2.24) is 5.32 Å². The van der Waals surface area contributed by atoms with Gasteiger partial charge in [0.1, 0.15) is 6.04 Å². The second-order valence-corrected chi connectivity index (χ2v) is 11.1. The number of carboxylic acid groups (broad SMARTS) is 1. The van der Waals surface area contributed by atoms with Crippen molar-refractivity contribution in [2.75, 3.05) is 11.5 Å². The highest BCUT2D eigenvalue weighted by Gasteiger charge is 2.18. The van der Waals surface area contributed by atoms with Crippen LogP contribution in [0.15, 0.2) is 0 Å². The first-order valence-corrected chi connectivity index (χ1v) is 13.3. The van der Waals surface area contributed by atoms with E-state index in [4.69, 9.17) is 5.11 Å². The van der Waals surface area contributed by atoms with E-state index in [1.54, 1.807) is 11.8 Å². The number of aliphatic carboxylic acids is 1. The molecule has 0 radical (unpaired) electrons. The van der Waals surface area contributed by atoms with E-state index < -0.39 is 12.0 Å². The highest BCUT2D eigenvalue weighted by molar-refractivity contribution is 7.99. The summed E-state index contributed by atoms with van der Waals surface area (Å²) in [7, 11) is 0. The zero-order valence-electron chi connectivity index (χ0n) is 20.5. The normalized spacial score (nSPS) is 15.6. The molecule has 4 nitrogen and oxygen atoms in total. The molecule has 5 heteroatoms. The average Bonchev–Trinajstić information content (AvgIpc) is 2.63. The predicted molar refractivity (Wildman–Crippen MR) is 131 cm³/mol. The van der Waals surface area contributed by atoms with Crippen LogP contribution >= 0.6 is 11.8 Å². The van der Waals surface area contributed by atoms with Crippen LogP contribution in [0.25, 0.3) is 0 Å². The fraction of sp³-hybridized carbons (Fsp3) is 0.920. The van der Waals surface area contributed by atoms with E-state index in [-0.39, 0.29) is 5.91 Å². The Bertz CT molecular complexity index is 456. The molecule has 0 aromatic rings. The van der Waals surface area contributed by atoms with Crippen molar-refractivity contribution in [2.24, 2.45) is 23.7 Å². The number of carbonyl (C=O) groups excluding carboxylic acids is 1. The fourth-order valence-corrected chi connectivity index (χ4v) is 5.04. The van der Waals surface area contributed by atoms with Crippen molar-refractivity contribution in [3.8, 4) is 0 Å². The minimum atomic E-state index is -0.954. The Morgan fingerprint density at radius 3 is 1.60 bits per heavy atom. The number of rotatable bonds is 19. The van der Waals surface area contributed by atoms with Gasteiger partial charge in [-0.25, -0.2) is 4.79 Å². The number of hydrogen-bond acceptors (Lipinski definition) is 3. The number of amides is 1. The van der Waals surface area contributed by atoms with Gasteiger partial charge in [0, 0.05) is 12.7 Å².